The largest absolute Gasteiger partial charge is 0.549 e. The van der Waals surface area contributed by atoms with Crippen LogP contribution in [0, 0.1) is 11.8 Å². The van der Waals surface area contributed by atoms with Crippen molar-refractivity contribution < 1.29 is 4.43 Å². The van der Waals surface area contributed by atoms with Crippen molar-refractivity contribution in [1.82, 2.24) is 9.97 Å². The molecule has 124 valence electrons. The van der Waals surface area contributed by atoms with E-state index >= 15 is 0 Å². The van der Waals surface area contributed by atoms with E-state index in [1.807, 2.05) is 36.4 Å². The van der Waals surface area contributed by atoms with Crippen LogP contribution in [0.3, 0.4) is 0 Å². The summed E-state index contributed by atoms with van der Waals surface area (Å²) in [6.07, 6.45) is 7.21. The number of hydrogen-bond acceptors (Lipinski definition) is 3. The maximum Gasteiger partial charge on any atom is 0.249 e. The van der Waals surface area contributed by atoms with Crippen LogP contribution < -0.4 is 0 Å². The van der Waals surface area contributed by atoms with Gasteiger partial charge < -0.3 is 4.43 Å². The summed E-state index contributed by atoms with van der Waals surface area (Å²) < 4.78 is 6.09. The second-order valence-corrected chi connectivity index (χ2v) is 11.8. The summed E-state index contributed by atoms with van der Waals surface area (Å²) in [5, 5.41) is 0.174. The van der Waals surface area contributed by atoms with E-state index in [1.54, 1.807) is 18.7 Å². The molecular weight excluding hydrogens is 312 g/mol. The fourth-order valence-corrected chi connectivity index (χ4v) is 2.43. The van der Waals surface area contributed by atoms with Crippen LogP contribution in [0.15, 0.2) is 49.0 Å². The third kappa shape index (κ3) is 4.80. The zero-order valence-electron chi connectivity index (χ0n) is 15.0. The minimum atomic E-state index is -1.80. The van der Waals surface area contributed by atoms with E-state index < -0.39 is 8.32 Å². The van der Waals surface area contributed by atoms with Gasteiger partial charge in [-0.3, -0.25) is 0 Å². The first-order chi connectivity index (χ1) is 11.3. The zero-order chi connectivity index (χ0) is 17.6. The number of hydrogen-bond donors (Lipinski definition) is 0. The summed E-state index contributed by atoms with van der Waals surface area (Å²) in [6, 6.07) is 9.56. The standard InChI is InChI=1S/C20H24N2OSi/c1-20(2,3)24(4,5)23-16-13-17-9-8-15-22-19(17)12-11-18-10-6-7-14-21-18/h6-10,13-16H,1-5H3. The Morgan fingerprint density at radius 1 is 1.00 bits per heavy atom. The molecule has 0 spiro atoms. The molecule has 2 aromatic rings. The first-order valence-corrected chi connectivity index (χ1v) is 10.9. The van der Waals surface area contributed by atoms with E-state index in [0.717, 1.165) is 17.0 Å². The minimum absolute atomic E-state index is 0.174. The molecule has 2 aromatic heterocycles. The molecule has 3 nitrogen and oxygen atoms in total. The van der Waals surface area contributed by atoms with Crippen molar-refractivity contribution in [3.63, 3.8) is 0 Å². The quantitative estimate of drug-likeness (QED) is 0.456. The van der Waals surface area contributed by atoms with Gasteiger partial charge >= 0.3 is 0 Å². The SMILES string of the molecule is CC(C)(C)[Si](C)(C)OC=Cc1cccnc1C#Cc1ccccn1. The first kappa shape index (κ1) is 18.0. The van der Waals surface area contributed by atoms with Crippen LogP contribution in [0.25, 0.3) is 6.08 Å². The highest BCUT2D eigenvalue weighted by atomic mass is 28.4. The lowest BCUT2D eigenvalue weighted by Gasteiger charge is -2.34. The van der Waals surface area contributed by atoms with Crippen LogP contribution in [0.4, 0.5) is 0 Å². The van der Waals surface area contributed by atoms with Gasteiger partial charge in [0.2, 0.25) is 8.32 Å². The van der Waals surface area contributed by atoms with Crippen molar-refractivity contribution in [2.75, 3.05) is 0 Å². The van der Waals surface area contributed by atoms with Gasteiger partial charge in [0.1, 0.15) is 11.4 Å². The lowest BCUT2D eigenvalue weighted by molar-refractivity contribution is 0.433. The third-order valence-corrected chi connectivity index (χ3v) is 8.57. The van der Waals surface area contributed by atoms with E-state index in [2.05, 4.69) is 55.7 Å². The molecule has 2 heterocycles. The summed E-state index contributed by atoms with van der Waals surface area (Å²) >= 11 is 0. The van der Waals surface area contributed by atoms with Crippen molar-refractivity contribution >= 4 is 14.4 Å². The molecule has 0 amide bonds. The fraction of sp³-hybridized carbons (Fsp3) is 0.300. The Kier molecular flexibility index (Phi) is 5.58. The Morgan fingerprint density at radius 2 is 1.75 bits per heavy atom. The van der Waals surface area contributed by atoms with Crippen molar-refractivity contribution in [3.8, 4) is 11.8 Å². The van der Waals surface area contributed by atoms with Crippen molar-refractivity contribution in [2.24, 2.45) is 0 Å². The van der Waals surface area contributed by atoms with Gasteiger partial charge in [-0.2, -0.15) is 0 Å². The highest BCUT2D eigenvalue weighted by Gasteiger charge is 2.37. The highest BCUT2D eigenvalue weighted by molar-refractivity contribution is 6.74. The zero-order valence-corrected chi connectivity index (χ0v) is 16.0. The highest BCUT2D eigenvalue weighted by Crippen LogP contribution is 2.36. The van der Waals surface area contributed by atoms with Crippen LogP contribution >= 0.6 is 0 Å². The molecule has 0 fully saturated rings. The smallest absolute Gasteiger partial charge is 0.249 e. The number of aromatic nitrogens is 2. The van der Waals surface area contributed by atoms with Gasteiger partial charge in [-0.05, 0) is 54.2 Å². The lowest BCUT2D eigenvalue weighted by Crippen LogP contribution is -2.39. The first-order valence-electron chi connectivity index (χ1n) is 8.02. The molecule has 0 unspecified atom stereocenters. The van der Waals surface area contributed by atoms with Gasteiger partial charge in [0.15, 0.2) is 0 Å². The van der Waals surface area contributed by atoms with E-state index in [1.165, 1.54) is 0 Å². The Morgan fingerprint density at radius 3 is 2.42 bits per heavy atom. The molecule has 0 aromatic carbocycles. The number of nitrogens with zero attached hydrogens (tertiary/aromatic N) is 2. The fourth-order valence-electron chi connectivity index (χ4n) is 1.67. The average Bonchev–Trinajstić information content (AvgIpc) is 2.54. The van der Waals surface area contributed by atoms with Crippen molar-refractivity contribution in [3.05, 3.63) is 65.9 Å². The Balaban J connectivity index is 2.18. The lowest BCUT2D eigenvalue weighted by atomic mass is 10.2. The normalized spacial score (nSPS) is 11.9. The molecule has 0 atom stereocenters. The van der Waals surface area contributed by atoms with Crippen molar-refractivity contribution in [1.29, 1.82) is 0 Å². The molecule has 0 N–H and O–H groups in total. The predicted octanol–water partition coefficient (Wildman–Crippen LogP) is 4.87. The van der Waals surface area contributed by atoms with Gasteiger partial charge in [0, 0.05) is 18.0 Å². The molecule has 0 aliphatic rings. The summed E-state index contributed by atoms with van der Waals surface area (Å²) in [7, 11) is -1.80. The number of pyridine rings is 2. The van der Waals surface area contributed by atoms with Crippen LogP contribution in [-0.2, 0) is 4.43 Å². The van der Waals surface area contributed by atoms with E-state index in [9.17, 15) is 0 Å². The molecule has 24 heavy (non-hydrogen) atoms. The molecule has 0 aliphatic heterocycles. The van der Waals surface area contributed by atoms with Crippen molar-refractivity contribution in [2.45, 2.75) is 38.9 Å². The van der Waals surface area contributed by atoms with E-state index in [4.69, 9.17) is 4.43 Å². The second kappa shape index (κ2) is 7.46. The van der Waals surface area contributed by atoms with Gasteiger partial charge in [0.05, 0.1) is 6.26 Å². The van der Waals surface area contributed by atoms with Gasteiger partial charge in [-0.15, -0.1) is 0 Å². The summed E-state index contributed by atoms with van der Waals surface area (Å²) in [6.45, 7) is 11.1. The molecular formula is C20H24N2OSi. The van der Waals surface area contributed by atoms with Gasteiger partial charge in [0.25, 0.3) is 0 Å². The summed E-state index contributed by atoms with van der Waals surface area (Å²) in [5.74, 6) is 6.13. The van der Waals surface area contributed by atoms with Gasteiger partial charge in [-0.1, -0.05) is 32.9 Å². The predicted molar refractivity (Wildman–Crippen MR) is 102 cm³/mol. The second-order valence-electron chi connectivity index (χ2n) is 7.09. The molecule has 0 bridgehead atoms. The summed E-state index contributed by atoms with van der Waals surface area (Å²) in [5.41, 5.74) is 2.40. The third-order valence-electron chi connectivity index (χ3n) is 4.23. The summed E-state index contributed by atoms with van der Waals surface area (Å²) in [4.78, 5) is 8.57. The molecule has 0 aliphatic carbocycles. The van der Waals surface area contributed by atoms with Crippen LogP contribution in [0.5, 0.6) is 0 Å². The molecule has 4 heteroatoms. The average molecular weight is 337 g/mol. The molecule has 2 rings (SSSR count). The van der Waals surface area contributed by atoms with Crippen LogP contribution in [-0.4, -0.2) is 18.3 Å². The van der Waals surface area contributed by atoms with Gasteiger partial charge in [-0.25, -0.2) is 9.97 Å². The molecule has 0 radical (unpaired) electrons. The topological polar surface area (TPSA) is 35.0 Å². The number of rotatable bonds is 3. The van der Waals surface area contributed by atoms with E-state index in [0.29, 0.717) is 0 Å². The minimum Gasteiger partial charge on any atom is -0.549 e. The van der Waals surface area contributed by atoms with Crippen LogP contribution in [0.1, 0.15) is 37.7 Å². The monoisotopic (exact) mass is 336 g/mol. The Bertz CT molecular complexity index is 765. The Labute approximate surface area is 146 Å². The molecule has 0 saturated carbocycles. The molecule has 0 saturated heterocycles. The van der Waals surface area contributed by atoms with Crippen LogP contribution in [0.2, 0.25) is 18.1 Å². The maximum atomic E-state index is 6.09. The van der Waals surface area contributed by atoms with E-state index in [-0.39, 0.29) is 5.04 Å². The maximum absolute atomic E-state index is 6.09. The Hall–Kier alpha value is -2.38.